The Morgan fingerprint density at radius 1 is 0.875 bits per heavy atom. The molecule has 208 valence electrons. The van der Waals surface area contributed by atoms with Crippen LogP contribution in [0.3, 0.4) is 0 Å². The van der Waals surface area contributed by atoms with E-state index in [2.05, 4.69) is 5.32 Å². The van der Waals surface area contributed by atoms with E-state index >= 15 is 0 Å². The third kappa shape index (κ3) is 6.82. The van der Waals surface area contributed by atoms with E-state index in [1.165, 1.54) is 0 Å². The van der Waals surface area contributed by atoms with Crippen LogP contribution in [0, 0.1) is 13.8 Å². The summed E-state index contributed by atoms with van der Waals surface area (Å²) in [6.07, 6.45) is 0.633. The van der Waals surface area contributed by atoms with E-state index in [0.29, 0.717) is 23.6 Å². The molecule has 8 heteroatoms. The van der Waals surface area contributed by atoms with Gasteiger partial charge in [-0.05, 0) is 86.0 Å². The Morgan fingerprint density at radius 3 is 2.12 bits per heavy atom. The molecule has 1 N–H and O–H groups in total. The molecule has 0 radical (unpaired) electrons. The predicted molar refractivity (Wildman–Crippen MR) is 158 cm³/mol. The molecule has 0 spiro atoms. The van der Waals surface area contributed by atoms with Gasteiger partial charge in [0.2, 0.25) is 5.91 Å². The molecule has 0 saturated heterocycles. The Hall–Kier alpha value is -4.30. The molecule has 40 heavy (non-hydrogen) atoms. The number of nitrogens with one attached hydrogen (secondary N) is 1. The lowest BCUT2D eigenvalue weighted by Crippen LogP contribution is -2.42. The Morgan fingerprint density at radius 2 is 1.52 bits per heavy atom. The van der Waals surface area contributed by atoms with Crippen molar-refractivity contribution < 1.29 is 22.7 Å². The lowest BCUT2D eigenvalue weighted by Gasteiger charge is -2.26. The maximum Gasteiger partial charge on any atom is 0.264 e. The highest BCUT2D eigenvalue weighted by Crippen LogP contribution is 2.29. The number of anilines is 1. The zero-order valence-corrected chi connectivity index (χ0v) is 23.9. The number of hydrogen-bond donors (Lipinski definition) is 1. The fourth-order valence-electron chi connectivity index (χ4n) is 4.37. The quantitative estimate of drug-likeness (QED) is 0.225. The number of para-hydroxylation sites is 1. The Kier molecular flexibility index (Phi) is 9.11. The Labute approximate surface area is 236 Å². The van der Waals surface area contributed by atoms with Crippen LogP contribution in [0.5, 0.6) is 17.2 Å². The Balaban J connectivity index is 1.61. The van der Waals surface area contributed by atoms with Gasteiger partial charge in [-0.1, -0.05) is 55.0 Å². The van der Waals surface area contributed by atoms with E-state index in [0.717, 1.165) is 26.7 Å². The first-order chi connectivity index (χ1) is 19.2. The van der Waals surface area contributed by atoms with Crippen molar-refractivity contribution in [2.24, 2.45) is 0 Å². The minimum atomic E-state index is -4.05. The number of nitrogens with zero attached hydrogens (tertiary/aromatic N) is 1. The number of ether oxygens (including phenoxy) is 2. The Bertz CT molecular complexity index is 1540. The van der Waals surface area contributed by atoms with E-state index < -0.39 is 15.9 Å². The number of aryl methyl sites for hydroxylation is 2. The average Bonchev–Trinajstić information content (AvgIpc) is 2.96. The number of hydrogen-bond acceptors (Lipinski definition) is 5. The molecule has 0 heterocycles. The third-order valence-electron chi connectivity index (χ3n) is 6.56. The summed E-state index contributed by atoms with van der Waals surface area (Å²) >= 11 is 0. The molecule has 0 unspecified atom stereocenters. The first kappa shape index (κ1) is 28.7. The number of amides is 1. The second kappa shape index (κ2) is 12.7. The van der Waals surface area contributed by atoms with Crippen LogP contribution in [0.15, 0.2) is 102 Å². The molecular formula is C32H34N2O5S. The van der Waals surface area contributed by atoms with Gasteiger partial charge < -0.3 is 14.8 Å². The summed E-state index contributed by atoms with van der Waals surface area (Å²) in [4.78, 5) is 13.5. The molecule has 0 aliphatic rings. The topological polar surface area (TPSA) is 84.9 Å². The summed E-state index contributed by atoms with van der Waals surface area (Å²) in [5.74, 6) is 1.56. The van der Waals surface area contributed by atoms with Gasteiger partial charge in [0, 0.05) is 0 Å². The van der Waals surface area contributed by atoms with Crippen LogP contribution >= 0.6 is 0 Å². The van der Waals surface area contributed by atoms with Crippen molar-refractivity contribution in [2.45, 2.75) is 38.1 Å². The van der Waals surface area contributed by atoms with Gasteiger partial charge in [0.25, 0.3) is 10.0 Å². The number of carbonyl (C=O) groups excluding carboxylic acids is 1. The fraction of sp³-hybridized carbons (Fsp3) is 0.219. The van der Waals surface area contributed by atoms with Gasteiger partial charge in [0.05, 0.1) is 23.7 Å². The predicted octanol–water partition coefficient (Wildman–Crippen LogP) is 6.57. The van der Waals surface area contributed by atoms with Crippen LogP contribution in [-0.4, -0.2) is 28.0 Å². The van der Waals surface area contributed by atoms with Gasteiger partial charge in [0.15, 0.2) is 0 Å². The van der Waals surface area contributed by atoms with E-state index in [4.69, 9.17) is 9.47 Å². The summed E-state index contributed by atoms with van der Waals surface area (Å²) in [7, 11) is -2.43. The first-order valence-corrected chi connectivity index (χ1v) is 14.5. The standard InChI is InChI=1S/C32H34N2O5S/c1-5-30(25-13-20-31(38-4)24(3)21-25)33-32(35)22-34(40(36,37)29-18-11-23(2)12-19-29)26-14-16-28(17-15-26)39-27-9-7-6-8-10-27/h6-21,30H,5,22H2,1-4H3,(H,33,35)/t30-/m1/s1. The molecule has 4 aromatic carbocycles. The van der Waals surface area contributed by atoms with Crippen molar-refractivity contribution in [2.75, 3.05) is 18.0 Å². The van der Waals surface area contributed by atoms with Gasteiger partial charge in [-0.25, -0.2) is 8.42 Å². The highest BCUT2D eigenvalue weighted by molar-refractivity contribution is 7.92. The monoisotopic (exact) mass is 558 g/mol. The van der Waals surface area contributed by atoms with Crippen molar-refractivity contribution in [1.82, 2.24) is 5.32 Å². The number of methoxy groups -OCH3 is 1. The van der Waals surface area contributed by atoms with E-state index in [-0.39, 0.29) is 17.5 Å². The van der Waals surface area contributed by atoms with Crippen LogP contribution < -0.4 is 19.1 Å². The van der Waals surface area contributed by atoms with Crippen molar-refractivity contribution in [3.8, 4) is 17.2 Å². The van der Waals surface area contributed by atoms with E-state index in [1.807, 2.05) is 69.3 Å². The minimum absolute atomic E-state index is 0.105. The zero-order chi connectivity index (χ0) is 28.7. The van der Waals surface area contributed by atoms with Gasteiger partial charge in [0.1, 0.15) is 23.8 Å². The molecular weight excluding hydrogens is 524 g/mol. The second-order valence-corrected chi connectivity index (χ2v) is 11.4. The smallest absolute Gasteiger partial charge is 0.264 e. The van der Waals surface area contributed by atoms with Crippen molar-refractivity contribution in [3.63, 3.8) is 0 Å². The van der Waals surface area contributed by atoms with Crippen LogP contribution in [-0.2, 0) is 14.8 Å². The molecule has 4 rings (SSSR count). The van der Waals surface area contributed by atoms with Crippen LogP contribution in [0.4, 0.5) is 5.69 Å². The maximum atomic E-state index is 13.8. The molecule has 0 saturated carbocycles. The third-order valence-corrected chi connectivity index (χ3v) is 8.35. The molecule has 0 aliphatic heterocycles. The molecule has 7 nitrogen and oxygen atoms in total. The number of benzene rings is 4. The van der Waals surface area contributed by atoms with Gasteiger partial charge in [-0.15, -0.1) is 0 Å². The van der Waals surface area contributed by atoms with Crippen molar-refractivity contribution >= 4 is 21.6 Å². The number of carbonyl (C=O) groups is 1. The lowest BCUT2D eigenvalue weighted by atomic mass is 10.0. The SMILES string of the molecule is CC[C@@H](NC(=O)CN(c1ccc(Oc2ccccc2)cc1)S(=O)(=O)c1ccc(C)cc1)c1ccc(OC)c(C)c1. The van der Waals surface area contributed by atoms with Gasteiger partial charge in [-0.3, -0.25) is 9.10 Å². The summed E-state index contributed by atoms with van der Waals surface area (Å²) < 4.78 is 39.9. The molecule has 0 aliphatic carbocycles. The molecule has 0 fully saturated rings. The normalized spacial score (nSPS) is 11.9. The molecule has 1 atom stereocenters. The molecule has 4 aromatic rings. The lowest BCUT2D eigenvalue weighted by molar-refractivity contribution is -0.120. The highest BCUT2D eigenvalue weighted by atomic mass is 32.2. The minimum Gasteiger partial charge on any atom is -0.496 e. The number of sulfonamides is 1. The fourth-order valence-corrected chi connectivity index (χ4v) is 5.79. The molecule has 0 aromatic heterocycles. The largest absolute Gasteiger partial charge is 0.496 e. The number of rotatable bonds is 11. The highest BCUT2D eigenvalue weighted by Gasteiger charge is 2.28. The van der Waals surface area contributed by atoms with Gasteiger partial charge >= 0.3 is 0 Å². The first-order valence-electron chi connectivity index (χ1n) is 13.1. The second-order valence-electron chi connectivity index (χ2n) is 9.49. The summed E-state index contributed by atoms with van der Waals surface area (Å²) in [6.45, 7) is 5.41. The summed E-state index contributed by atoms with van der Waals surface area (Å²) in [5, 5.41) is 3.01. The molecule has 1 amide bonds. The summed E-state index contributed by atoms with van der Waals surface area (Å²) in [5.41, 5.74) is 3.16. The maximum absolute atomic E-state index is 13.8. The van der Waals surface area contributed by atoms with E-state index in [9.17, 15) is 13.2 Å². The van der Waals surface area contributed by atoms with Crippen molar-refractivity contribution in [3.05, 3.63) is 114 Å². The van der Waals surface area contributed by atoms with Crippen LogP contribution in [0.25, 0.3) is 0 Å². The molecule has 0 bridgehead atoms. The average molecular weight is 559 g/mol. The van der Waals surface area contributed by atoms with Gasteiger partial charge in [-0.2, -0.15) is 0 Å². The zero-order valence-electron chi connectivity index (χ0n) is 23.1. The van der Waals surface area contributed by atoms with Crippen molar-refractivity contribution in [1.29, 1.82) is 0 Å². The summed E-state index contributed by atoms with van der Waals surface area (Å²) in [6, 6.07) is 28.0. The van der Waals surface area contributed by atoms with Crippen LogP contribution in [0.1, 0.15) is 36.1 Å². The van der Waals surface area contributed by atoms with E-state index in [1.54, 1.807) is 55.6 Å². The van der Waals surface area contributed by atoms with Crippen LogP contribution in [0.2, 0.25) is 0 Å².